The molecule has 2 aromatic carbocycles. The highest BCUT2D eigenvalue weighted by molar-refractivity contribution is 5.78. The van der Waals surface area contributed by atoms with E-state index in [1.807, 2.05) is 18.5 Å². The van der Waals surface area contributed by atoms with Crippen molar-refractivity contribution in [3.8, 4) is 11.1 Å². The zero-order chi connectivity index (χ0) is 22.0. The average Bonchev–Trinajstić information content (AvgIpc) is 3.18. The molecule has 6 rings (SSSR count). The third-order valence-corrected chi connectivity index (χ3v) is 7.17. The molecule has 1 saturated heterocycles. The quantitative estimate of drug-likeness (QED) is 0.403. The standard InChI is InChI=1S/C26H24F2N4/c1-16(2)17-3-5-18(6-4-17)21-15-29-32-12-10-24(30-25(21)32)31-11-9-19-14-26(19,31)22-13-20(27)7-8-23(22)28/h3-8,10,12-13,15-16,19H,9,11,14H2,1-2H3/t19-,26+/m0/s1. The van der Waals surface area contributed by atoms with Crippen LogP contribution in [0.25, 0.3) is 16.8 Å². The van der Waals surface area contributed by atoms with Crippen LogP contribution in [0, 0.1) is 17.6 Å². The molecular weight excluding hydrogens is 406 g/mol. The molecule has 0 amide bonds. The summed E-state index contributed by atoms with van der Waals surface area (Å²) >= 11 is 0. The van der Waals surface area contributed by atoms with Gasteiger partial charge >= 0.3 is 0 Å². The number of fused-ring (bicyclic) bond motifs is 2. The summed E-state index contributed by atoms with van der Waals surface area (Å²) in [7, 11) is 0. The highest BCUT2D eigenvalue weighted by atomic mass is 19.1. The highest BCUT2D eigenvalue weighted by Gasteiger charge is 2.64. The fraction of sp³-hybridized carbons (Fsp3) is 0.308. The normalized spacial score (nSPS) is 22.0. The summed E-state index contributed by atoms with van der Waals surface area (Å²) in [5, 5.41) is 4.48. The predicted octanol–water partition coefficient (Wildman–Crippen LogP) is 5.92. The monoisotopic (exact) mass is 430 g/mol. The molecule has 1 saturated carbocycles. The van der Waals surface area contributed by atoms with Gasteiger partial charge in [-0.25, -0.2) is 18.3 Å². The summed E-state index contributed by atoms with van der Waals surface area (Å²) < 4.78 is 30.5. The first-order chi connectivity index (χ1) is 15.5. The summed E-state index contributed by atoms with van der Waals surface area (Å²) in [5.74, 6) is 0.821. The van der Waals surface area contributed by atoms with Crippen LogP contribution >= 0.6 is 0 Å². The molecule has 2 aliphatic rings. The Morgan fingerprint density at radius 3 is 2.62 bits per heavy atom. The zero-order valence-corrected chi connectivity index (χ0v) is 18.1. The van der Waals surface area contributed by atoms with Crippen molar-refractivity contribution < 1.29 is 8.78 Å². The first-order valence-corrected chi connectivity index (χ1v) is 11.2. The van der Waals surface area contributed by atoms with Crippen molar-refractivity contribution in [3.63, 3.8) is 0 Å². The Hall–Kier alpha value is -3.28. The van der Waals surface area contributed by atoms with Gasteiger partial charge in [-0.3, -0.25) is 0 Å². The second-order valence-electron chi connectivity index (χ2n) is 9.28. The van der Waals surface area contributed by atoms with E-state index >= 15 is 0 Å². The van der Waals surface area contributed by atoms with Crippen LogP contribution in [0.3, 0.4) is 0 Å². The molecule has 4 aromatic rings. The third kappa shape index (κ3) is 2.78. The van der Waals surface area contributed by atoms with Gasteiger partial charge in [0.25, 0.3) is 0 Å². The number of halogens is 2. The molecule has 6 heteroatoms. The molecule has 3 heterocycles. The van der Waals surface area contributed by atoms with Crippen molar-refractivity contribution in [1.29, 1.82) is 0 Å². The van der Waals surface area contributed by atoms with Gasteiger partial charge in [0.1, 0.15) is 17.5 Å². The van der Waals surface area contributed by atoms with Crippen molar-refractivity contribution >= 4 is 11.5 Å². The Labute approximate surface area is 185 Å². The van der Waals surface area contributed by atoms with E-state index in [-0.39, 0.29) is 5.82 Å². The second kappa shape index (κ2) is 6.86. The second-order valence-corrected chi connectivity index (χ2v) is 9.28. The number of rotatable bonds is 4. The van der Waals surface area contributed by atoms with E-state index in [1.54, 1.807) is 4.52 Å². The molecule has 1 aliphatic carbocycles. The maximum Gasteiger partial charge on any atom is 0.165 e. The summed E-state index contributed by atoms with van der Waals surface area (Å²) in [4.78, 5) is 7.12. The number of nitrogens with zero attached hydrogens (tertiary/aromatic N) is 4. The number of anilines is 1. The van der Waals surface area contributed by atoms with Crippen molar-refractivity contribution in [2.24, 2.45) is 5.92 Å². The molecular formula is C26H24F2N4. The van der Waals surface area contributed by atoms with Gasteiger partial charge < -0.3 is 4.90 Å². The Morgan fingerprint density at radius 2 is 1.88 bits per heavy atom. The highest BCUT2D eigenvalue weighted by Crippen LogP contribution is 2.63. The maximum absolute atomic E-state index is 14.7. The first-order valence-electron chi connectivity index (χ1n) is 11.2. The number of hydrogen-bond donors (Lipinski definition) is 0. The van der Waals surface area contributed by atoms with E-state index in [9.17, 15) is 8.78 Å². The number of aromatic nitrogens is 3. The van der Waals surface area contributed by atoms with Gasteiger partial charge in [-0.1, -0.05) is 38.1 Å². The molecule has 2 atom stereocenters. The minimum absolute atomic E-state index is 0.324. The molecule has 162 valence electrons. The van der Waals surface area contributed by atoms with E-state index in [4.69, 9.17) is 4.98 Å². The summed E-state index contributed by atoms with van der Waals surface area (Å²) in [6.45, 7) is 5.13. The Kier molecular flexibility index (Phi) is 4.16. The van der Waals surface area contributed by atoms with Crippen LogP contribution in [0.5, 0.6) is 0 Å². The lowest BCUT2D eigenvalue weighted by molar-refractivity contribution is 0.544. The van der Waals surface area contributed by atoms with Crippen LogP contribution in [0.15, 0.2) is 60.9 Å². The van der Waals surface area contributed by atoms with Gasteiger partial charge in [0.05, 0.1) is 11.7 Å². The maximum atomic E-state index is 14.7. The van der Waals surface area contributed by atoms with Gasteiger partial charge in [-0.15, -0.1) is 0 Å². The topological polar surface area (TPSA) is 33.4 Å². The van der Waals surface area contributed by atoms with Gasteiger partial charge in [0.15, 0.2) is 5.65 Å². The molecule has 1 aliphatic heterocycles. The van der Waals surface area contributed by atoms with Crippen molar-refractivity contribution in [3.05, 3.63) is 83.7 Å². The lowest BCUT2D eigenvalue weighted by Gasteiger charge is -2.30. The van der Waals surface area contributed by atoms with Crippen LogP contribution in [-0.4, -0.2) is 21.1 Å². The predicted molar refractivity (Wildman–Crippen MR) is 121 cm³/mol. The summed E-state index contributed by atoms with van der Waals surface area (Å²) in [6.07, 6.45) is 5.51. The molecule has 2 aromatic heterocycles. The van der Waals surface area contributed by atoms with Crippen LogP contribution in [-0.2, 0) is 5.54 Å². The lowest BCUT2D eigenvalue weighted by atomic mass is 10.00. The molecule has 0 radical (unpaired) electrons. The average molecular weight is 431 g/mol. The van der Waals surface area contributed by atoms with Crippen LogP contribution in [0.2, 0.25) is 0 Å². The summed E-state index contributed by atoms with van der Waals surface area (Å²) in [5.41, 5.74) is 4.01. The van der Waals surface area contributed by atoms with Gasteiger partial charge in [-0.2, -0.15) is 5.10 Å². The van der Waals surface area contributed by atoms with E-state index in [0.717, 1.165) is 42.0 Å². The number of piperidine rings is 1. The fourth-order valence-corrected chi connectivity index (χ4v) is 5.36. The van der Waals surface area contributed by atoms with E-state index < -0.39 is 11.4 Å². The molecule has 4 nitrogen and oxygen atoms in total. The first kappa shape index (κ1) is 19.4. The van der Waals surface area contributed by atoms with Crippen molar-refractivity contribution in [2.45, 2.75) is 38.1 Å². The molecule has 0 N–H and O–H groups in total. The zero-order valence-electron chi connectivity index (χ0n) is 18.1. The fourth-order valence-electron chi connectivity index (χ4n) is 5.36. The van der Waals surface area contributed by atoms with Crippen molar-refractivity contribution in [1.82, 2.24) is 14.6 Å². The molecule has 0 bridgehead atoms. The smallest absolute Gasteiger partial charge is 0.165 e. The molecule has 32 heavy (non-hydrogen) atoms. The van der Waals surface area contributed by atoms with Crippen LogP contribution in [0.1, 0.15) is 43.7 Å². The van der Waals surface area contributed by atoms with Crippen molar-refractivity contribution in [2.75, 3.05) is 11.4 Å². The van der Waals surface area contributed by atoms with Crippen LogP contribution < -0.4 is 4.90 Å². The summed E-state index contributed by atoms with van der Waals surface area (Å²) in [6, 6.07) is 14.2. The van der Waals surface area contributed by atoms with Gasteiger partial charge in [0.2, 0.25) is 0 Å². The van der Waals surface area contributed by atoms with E-state index in [0.29, 0.717) is 17.4 Å². The molecule has 0 spiro atoms. The van der Waals surface area contributed by atoms with E-state index in [2.05, 4.69) is 48.1 Å². The third-order valence-electron chi connectivity index (χ3n) is 7.17. The molecule has 2 fully saturated rings. The van der Waals surface area contributed by atoms with Gasteiger partial charge in [0, 0.05) is 23.9 Å². The largest absolute Gasteiger partial charge is 0.346 e. The van der Waals surface area contributed by atoms with Gasteiger partial charge in [-0.05, 0) is 60.1 Å². The molecule has 0 unspecified atom stereocenters. The van der Waals surface area contributed by atoms with E-state index in [1.165, 1.54) is 23.8 Å². The number of benzene rings is 2. The minimum Gasteiger partial charge on any atom is -0.346 e. The Bertz CT molecular complexity index is 1330. The minimum atomic E-state index is -0.503. The Morgan fingerprint density at radius 1 is 1.06 bits per heavy atom. The van der Waals surface area contributed by atoms with Crippen LogP contribution in [0.4, 0.5) is 14.6 Å². The Balaban J connectivity index is 1.42. The SMILES string of the molecule is CC(C)c1ccc(-c2cnn3ccc(N4CC[C@H]5C[C@]54c4cc(F)ccc4F)nc23)cc1. The lowest BCUT2D eigenvalue weighted by Crippen LogP contribution is -2.34. The number of hydrogen-bond acceptors (Lipinski definition) is 3.